The summed E-state index contributed by atoms with van der Waals surface area (Å²) >= 11 is 1.65. The molecule has 1 aliphatic heterocycles. The lowest BCUT2D eigenvalue weighted by atomic mass is 10.2. The molecule has 1 amide bonds. The van der Waals surface area contributed by atoms with Crippen LogP contribution in [-0.4, -0.2) is 36.5 Å². The van der Waals surface area contributed by atoms with Crippen molar-refractivity contribution in [3.63, 3.8) is 0 Å². The summed E-state index contributed by atoms with van der Waals surface area (Å²) < 4.78 is 0. The molecule has 18 heavy (non-hydrogen) atoms. The molecule has 0 saturated carbocycles. The van der Waals surface area contributed by atoms with Gasteiger partial charge in [0.05, 0.1) is 0 Å². The van der Waals surface area contributed by atoms with Crippen LogP contribution < -0.4 is 5.32 Å². The van der Waals surface area contributed by atoms with Crippen LogP contribution in [0.5, 0.6) is 0 Å². The summed E-state index contributed by atoms with van der Waals surface area (Å²) in [6.07, 6.45) is 5.99. The number of hydrogen-bond acceptors (Lipinski definition) is 3. The standard InChI is InChI=1S/C14H20N2OS/c1-2-16(11-12-5-3-9-15-12)14(17)8-7-13-6-4-10-18-13/h4,6-8,10,12,15H,2-3,5,9,11H2,1H3/b8-7+. The third-order valence-corrected chi connectivity index (χ3v) is 4.07. The predicted octanol–water partition coefficient (Wildman–Crippen LogP) is 2.36. The van der Waals surface area contributed by atoms with E-state index in [4.69, 9.17) is 0 Å². The largest absolute Gasteiger partial charge is 0.338 e. The summed E-state index contributed by atoms with van der Waals surface area (Å²) in [4.78, 5) is 15.1. The molecule has 1 fully saturated rings. The lowest BCUT2D eigenvalue weighted by molar-refractivity contribution is -0.126. The molecular weight excluding hydrogens is 244 g/mol. The first-order chi connectivity index (χ1) is 8.79. The molecule has 1 aromatic rings. The van der Waals surface area contributed by atoms with Crippen molar-refractivity contribution in [2.24, 2.45) is 0 Å². The molecule has 1 saturated heterocycles. The van der Waals surface area contributed by atoms with E-state index in [0.717, 1.165) is 24.5 Å². The van der Waals surface area contributed by atoms with Crippen LogP contribution in [0.15, 0.2) is 23.6 Å². The van der Waals surface area contributed by atoms with Crippen molar-refractivity contribution in [2.75, 3.05) is 19.6 Å². The summed E-state index contributed by atoms with van der Waals surface area (Å²) in [5.41, 5.74) is 0. The lowest BCUT2D eigenvalue weighted by Gasteiger charge is -2.23. The highest BCUT2D eigenvalue weighted by Gasteiger charge is 2.18. The number of amides is 1. The van der Waals surface area contributed by atoms with Gasteiger partial charge < -0.3 is 10.2 Å². The van der Waals surface area contributed by atoms with Crippen LogP contribution in [0.25, 0.3) is 6.08 Å². The Balaban J connectivity index is 1.88. The Labute approximate surface area is 112 Å². The molecule has 1 aliphatic rings. The average molecular weight is 264 g/mol. The van der Waals surface area contributed by atoms with Crippen LogP contribution in [0.1, 0.15) is 24.6 Å². The smallest absolute Gasteiger partial charge is 0.246 e. The minimum Gasteiger partial charge on any atom is -0.338 e. The van der Waals surface area contributed by atoms with E-state index in [1.54, 1.807) is 17.4 Å². The minimum atomic E-state index is 0.111. The van der Waals surface area contributed by atoms with Crippen molar-refractivity contribution in [1.29, 1.82) is 0 Å². The van der Waals surface area contributed by atoms with Crippen molar-refractivity contribution in [1.82, 2.24) is 10.2 Å². The third kappa shape index (κ3) is 3.68. The molecule has 4 heteroatoms. The SMILES string of the molecule is CCN(CC1CCCN1)C(=O)/C=C/c1cccs1. The number of nitrogens with one attached hydrogen (secondary N) is 1. The van der Waals surface area contributed by atoms with Crippen molar-refractivity contribution in [3.05, 3.63) is 28.5 Å². The van der Waals surface area contributed by atoms with Crippen LogP contribution in [0.3, 0.4) is 0 Å². The van der Waals surface area contributed by atoms with E-state index in [9.17, 15) is 4.79 Å². The van der Waals surface area contributed by atoms with E-state index >= 15 is 0 Å². The molecule has 1 atom stereocenters. The molecule has 1 aromatic heterocycles. The molecule has 2 heterocycles. The highest BCUT2D eigenvalue weighted by Crippen LogP contribution is 2.11. The van der Waals surface area contributed by atoms with Gasteiger partial charge in [-0.25, -0.2) is 0 Å². The molecule has 0 radical (unpaired) electrons. The van der Waals surface area contributed by atoms with E-state index in [1.807, 2.05) is 35.4 Å². The summed E-state index contributed by atoms with van der Waals surface area (Å²) in [5, 5.41) is 5.45. The van der Waals surface area contributed by atoms with Crippen LogP contribution in [0.4, 0.5) is 0 Å². The van der Waals surface area contributed by atoms with Gasteiger partial charge in [0, 0.05) is 30.1 Å². The number of likely N-dealkylation sites (N-methyl/N-ethyl adjacent to an activating group) is 1. The topological polar surface area (TPSA) is 32.3 Å². The van der Waals surface area contributed by atoms with Crippen molar-refractivity contribution < 1.29 is 4.79 Å². The number of nitrogens with zero attached hydrogens (tertiary/aromatic N) is 1. The van der Waals surface area contributed by atoms with Crippen LogP contribution in [0, 0.1) is 0 Å². The normalized spacial score (nSPS) is 19.5. The van der Waals surface area contributed by atoms with E-state index < -0.39 is 0 Å². The molecule has 98 valence electrons. The number of carbonyl (C=O) groups is 1. The predicted molar refractivity (Wildman–Crippen MR) is 76.6 cm³/mol. The lowest BCUT2D eigenvalue weighted by Crippen LogP contribution is -2.40. The Kier molecular flexibility index (Phi) is 4.96. The van der Waals surface area contributed by atoms with Crippen LogP contribution >= 0.6 is 11.3 Å². The van der Waals surface area contributed by atoms with Gasteiger partial charge >= 0.3 is 0 Å². The molecule has 1 N–H and O–H groups in total. The van der Waals surface area contributed by atoms with Gasteiger partial charge in [0.15, 0.2) is 0 Å². The van der Waals surface area contributed by atoms with Crippen LogP contribution in [-0.2, 0) is 4.79 Å². The van der Waals surface area contributed by atoms with Gasteiger partial charge in [0.25, 0.3) is 0 Å². The maximum absolute atomic E-state index is 12.1. The Morgan fingerprint density at radius 3 is 3.17 bits per heavy atom. The third-order valence-electron chi connectivity index (χ3n) is 3.23. The molecule has 1 unspecified atom stereocenters. The van der Waals surface area contributed by atoms with Crippen molar-refractivity contribution in [3.8, 4) is 0 Å². The second-order valence-electron chi connectivity index (χ2n) is 4.52. The molecule has 0 bridgehead atoms. The van der Waals surface area contributed by atoms with Gasteiger partial charge in [0.2, 0.25) is 5.91 Å². The maximum atomic E-state index is 12.1. The fourth-order valence-electron chi connectivity index (χ4n) is 2.20. The highest BCUT2D eigenvalue weighted by molar-refractivity contribution is 7.10. The molecule has 3 nitrogen and oxygen atoms in total. The zero-order valence-electron chi connectivity index (χ0n) is 10.8. The second kappa shape index (κ2) is 6.71. The van der Waals surface area contributed by atoms with E-state index in [0.29, 0.717) is 6.04 Å². The minimum absolute atomic E-state index is 0.111. The molecular formula is C14H20N2OS. The first-order valence-electron chi connectivity index (χ1n) is 6.53. The summed E-state index contributed by atoms with van der Waals surface area (Å²) in [7, 11) is 0. The van der Waals surface area contributed by atoms with E-state index in [2.05, 4.69) is 5.32 Å². The fourth-order valence-corrected chi connectivity index (χ4v) is 2.82. The maximum Gasteiger partial charge on any atom is 0.246 e. The monoisotopic (exact) mass is 264 g/mol. The number of thiophene rings is 1. The van der Waals surface area contributed by atoms with Crippen molar-refractivity contribution in [2.45, 2.75) is 25.8 Å². The Morgan fingerprint density at radius 2 is 2.56 bits per heavy atom. The fraction of sp³-hybridized carbons (Fsp3) is 0.500. The second-order valence-corrected chi connectivity index (χ2v) is 5.50. The van der Waals surface area contributed by atoms with Gasteiger partial charge in [-0.2, -0.15) is 0 Å². The first kappa shape index (κ1) is 13.3. The number of rotatable bonds is 5. The molecule has 0 aromatic carbocycles. The Bertz CT molecular complexity index is 394. The quantitative estimate of drug-likeness (QED) is 0.828. The molecule has 0 aliphatic carbocycles. The first-order valence-corrected chi connectivity index (χ1v) is 7.41. The van der Waals surface area contributed by atoms with E-state index in [1.165, 1.54) is 12.8 Å². The number of carbonyl (C=O) groups excluding carboxylic acids is 1. The highest BCUT2D eigenvalue weighted by atomic mass is 32.1. The Morgan fingerprint density at radius 1 is 1.67 bits per heavy atom. The Hall–Kier alpha value is -1.13. The zero-order chi connectivity index (χ0) is 12.8. The average Bonchev–Trinajstić information content (AvgIpc) is 3.06. The van der Waals surface area contributed by atoms with E-state index in [-0.39, 0.29) is 5.91 Å². The number of hydrogen-bond donors (Lipinski definition) is 1. The van der Waals surface area contributed by atoms with Gasteiger partial charge in [-0.1, -0.05) is 6.07 Å². The van der Waals surface area contributed by atoms with Gasteiger partial charge in [-0.15, -0.1) is 11.3 Å². The van der Waals surface area contributed by atoms with Gasteiger partial charge in [-0.3, -0.25) is 4.79 Å². The van der Waals surface area contributed by atoms with Crippen LogP contribution in [0.2, 0.25) is 0 Å². The molecule has 2 rings (SSSR count). The van der Waals surface area contributed by atoms with Gasteiger partial charge in [-0.05, 0) is 43.8 Å². The van der Waals surface area contributed by atoms with Gasteiger partial charge in [0.1, 0.15) is 0 Å². The van der Waals surface area contributed by atoms with Crippen molar-refractivity contribution >= 4 is 23.3 Å². The summed E-state index contributed by atoms with van der Waals surface area (Å²) in [6.45, 7) is 4.71. The summed E-state index contributed by atoms with van der Waals surface area (Å²) in [6, 6.07) is 4.49. The zero-order valence-corrected chi connectivity index (χ0v) is 11.6. The summed E-state index contributed by atoms with van der Waals surface area (Å²) in [5.74, 6) is 0.111. The molecule has 0 spiro atoms.